The first-order valence-electron chi connectivity index (χ1n) is 9.17. The minimum Gasteiger partial charge on any atom is -0.354 e. The molecule has 0 saturated carbocycles. The average Bonchev–Trinajstić information content (AvgIpc) is 2.63. The van der Waals surface area contributed by atoms with Crippen molar-refractivity contribution in [2.24, 2.45) is 4.99 Å². The Labute approximate surface area is 152 Å². The monoisotopic (exact) mass is 347 g/mol. The standard InChI is InChI=1S/C19H33N5O/c1-5-6-7-10-16(2)23-19(20-3)22-15-18(25)24(4)14-12-17-11-8-9-13-21-17/h8-9,11,13,16H,5-7,10,12,14-15H2,1-4H3,(H2,20,22,23). The van der Waals surface area contributed by atoms with E-state index in [2.05, 4.69) is 34.5 Å². The van der Waals surface area contributed by atoms with Crippen LogP contribution in [-0.4, -0.2) is 55.0 Å². The van der Waals surface area contributed by atoms with Gasteiger partial charge in [-0.05, 0) is 25.5 Å². The van der Waals surface area contributed by atoms with E-state index < -0.39 is 0 Å². The van der Waals surface area contributed by atoms with Crippen LogP contribution in [-0.2, 0) is 11.2 Å². The van der Waals surface area contributed by atoms with Gasteiger partial charge in [0.05, 0.1) is 6.54 Å². The second-order valence-corrected chi connectivity index (χ2v) is 6.35. The molecule has 1 unspecified atom stereocenters. The van der Waals surface area contributed by atoms with Gasteiger partial charge in [-0.15, -0.1) is 0 Å². The molecular weight excluding hydrogens is 314 g/mol. The predicted octanol–water partition coefficient (Wildman–Crippen LogP) is 2.22. The zero-order chi connectivity index (χ0) is 18.5. The van der Waals surface area contributed by atoms with Crippen LogP contribution in [0.5, 0.6) is 0 Å². The van der Waals surface area contributed by atoms with Gasteiger partial charge in [0, 0.05) is 45.0 Å². The van der Waals surface area contributed by atoms with E-state index >= 15 is 0 Å². The number of carbonyl (C=O) groups excluding carboxylic acids is 1. The second kappa shape index (κ2) is 12.3. The summed E-state index contributed by atoms with van der Waals surface area (Å²) in [5.41, 5.74) is 0.994. The van der Waals surface area contributed by atoms with Crippen LogP contribution in [0.4, 0.5) is 0 Å². The lowest BCUT2D eigenvalue weighted by molar-refractivity contribution is -0.128. The number of likely N-dealkylation sites (N-methyl/N-ethyl adjacent to an activating group) is 1. The molecule has 1 amide bonds. The summed E-state index contributed by atoms with van der Waals surface area (Å²) >= 11 is 0. The molecule has 0 bridgehead atoms. The molecule has 0 radical (unpaired) electrons. The third kappa shape index (κ3) is 9.08. The molecule has 0 saturated heterocycles. The Hall–Kier alpha value is -2.11. The van der Waals surface area contributed by atoms with Gasteiger partial charge in [-0.1, -0.05) is 32.3 Å². The summed E-state index contributed by atoms with van der Waals surface area (Å²) < 4.78 is 0. The van der Waals surface area contributed by atoms with E-state index in [1.165, 1.54) is 19.3 Å². The summed E-state index contributed by atoms with van der Waals surface area (Å²) in [5.74, 6) is 0.716. The van der Waals surface area contributed by atoms with Gasteiger partial charge in [0.2, 0.25) is 5.91 Å². The maximum Gasteiger partial charge on any atom is 0.241 e. The Kier molecular flexibility index (Phi) is 10.3. The predicted molar refractivity (Wildman–Crippen MR) is 104 cm³/mol. The molecule has 140 valence electrons. The van der Waals surface area contributed by atoms with Gasteiger partial charge >= 0.3 is 0 Å². The molecule has 1 rings (SSSR count). The highest BCUT2D eigenvalue weighted by Gasteiger charge is 2.11. The maximum absolute atomic E-state index is 12.2. The number of aromatic nitrogens is 1. The Morgan fingerprint density at radius 2 is 2.16 bits per heavy atom. The Bertz CT molecular complexity index is 518. The molecular formula is C19H33N5O. The molecule has 0 aliphatic carbocycles. The van der Waals surface area contributed by atoms with Crippen molar-refractivity contribution in [3.05, 3.63) is 30.1 Å². The SMILES string of the molecule is CCCCCC(C)NC(=NC)NCC(=O)N(C)CCc1ccccn1. The maximum atomic E-state index is 12.2. The zero-order valence-electron chi connectivity index (χ0n) is 16.1. The minimum absolute atomic E-state index is 0.0394. The summed E-state index contributed by atoms with van der Waals surface area (Å²) in [7, 11) is 3.54. The number of carbonyl (C=O) groups is 1. The fourth-order valence-electron chi connectivity index (χ4n) is 2.45. The van der Waals surface area contributed by atoms with E-state index in [0.717, 1.165) is 18.5 Å². The van der Waals surface area contributed by atoms with E-state index in [9.17, 15) is 4.79 Å². The van der Waals surface area contributed by atoms with Gasteiger partial charge in [-0.3, -0.25) is 14.8 Å². The lowest BCUT2D eigenvalue weighted by Gasteiger charge is -2.20. The van der Waals surface area contributed by atoms with Crippen molar-refractivity contribution < 1.29 is 4.79 Å². The summed E-state index contributed by atoms with van der Waals surface area (Å²) in [6, 6.07) is 6.17. The van der Waals surface area contributed by atoms with Gasteiger partial charge in [0.1, 0.15) is 0 Å². The number of aliphatic imine (C=N–C) groups is 1. The number of guanidine groups is 1. The summed E-state index contributed by atoms with van der Waals surface area (Å²) in [6.07, 6.45) is 7.31. The molecule has 0 spiro atoms. The summed E-state index contributed by atoms with van der Waals surface area (Å²) in [6.45, 7) is 5.23. The highest BCUT2D eigenvalue weighted by Crippen LogP contribution is 2.02. The number of pyridine rings is 1. The van der Waals surface area contributed by atoms with Crippen molar-refractivity contribution in [1.29, 1.82) is 0 Å². The Balaban J connectivity index is 2.30. The smallest absolute Gasteiger partial charge is 0.241 e. The van der Waals surface area contributed by atoms with Crippen molar-refractivity contribution in [3.63, 3.8) is 0 Å². The van der Waals surface area contributed by atoms with Gasteiger partial charge in [0.25, 0.3) is 0 Å². The first kappa shape index (κ1) is 20.9. The van der Waals surface area contributed by atoms with E-state index in [4.69, 9.17) is 0 Å². The highest BCUT2D eigenvalue weighted by atomic mass is 16.2. The fourth-order valence-corrected chi connectivity index (χ4v) is 2.45. The number of nitrogens with zero attached hydrogens (tertiary/aromatic N) is 3. The summed E-state index contributed by atoms with van der Waals surface area (Å²) in [4.78, 5) is 22.4. The first-order chi connectivity index (χ1) is 12.1. The molecule has 0 fully saturated rings. The van der Waals surface area contributed by atoms with E-state index in [1.807, 2.05) is 25.2 Å². The van der Waals surface area contributed by atoms with Crippen molar-refractivity contribution in [2.75, 3.05) is 27.2 Å². The van der Waals surface area contributed by atoms with Crippen molar-refractivity contribution in [3.8, 4) is 0 Å². The summed E-state index contributed by atoms with van der Waals surface area (Å²) in [5, 5.41) is 6.44. The van der Waals surface area contributed by atoms with Crippen LogP contribution >= 0.6 is 0 Å². The van der Waals surface area contributed by atoms with Crippen LogP contribution in [0, 0.1) is 0 Å². The quantitative estimate of drug-likeness (QED) is 0.387. The zero-order valence-corrected chi connectivity index (χ0v) is 16.1. The molecule has 1 aromatic heterocycles. The largest absolute Gasteiger partial charge is 0.354 e. The van der Waals surface area contributed by atoms with E-state index in [0.29, 0.717) is 18.5 Å². The molecule has 0 aromatic carbocycles. The molecule has 0 aliphatic heterocycles. The molecule has 2 N–H and O–H groups in total. The molecule has 6 heteroatoms. The number of unbranched alkanes of at least 4 members (excludes halogenated alkanes) is 2. The van der Waals surface area contributed by atoms with Crippen LogP contribution in [0.2, 0.25) is 0 Å². The number of nitrogens with one attached hydrogen (secondary N) is 2. The third-order valence-electron chi connectivity index (χ3n) is 4.11. The van der Waals surface area contributed by atoms with Crippen LogP contribution in [0.15, 0.2) is 29.4 Å². The number of hydrogen-bond donors (Lipinski definition) is 2. The van der Waals surface area contributed by atoms with Crippen LogP contribution < -0.4 is 10.6 Å². The molecule has 1 heterocycles. The highest BCUT2D eigenvalue weighted by molar-refractivity contribution is 5.86. The van der Waals surface area contributed by atoms with Gasteiger partial charge in [0.15, 0.2) is 5.96 Å². The van der Waals surface area contributed by atoms with E-state index in [1.54, 1.807) is 18.1 Å². The third-order valence-corrected chi connectivity index (χ3v) is 4.11. The lowest BCUT2D eigenvalue weighted by atomic mass is 10.1. The average molecular weight is 348 g/mol. The van der Waals surface area contributed by atoms with Gasteiger partial charge in [-0.25, -0.2) is 0 Å². The van der Waals surface area contributed by atoms with Crippen LogP contribution in [0.25, 0.3) is 0 Å². The van der Waals surface area contributed by atoms with Crippen molar-refractivity contribution >= 4 is 11.9 Å². The lowest BCUT2D eigenvalue weighted by Crippen LogP contribution is -2.46. The number of amides is 1. The second-order valence-electron chi connectivity index (χ2n) is 6.35. The van der Waals surface area contributed by atoms with E-state index in [-0.39, 0.29) is 12.5 Å². The van der Waals surface area contributed by atoms with Gasteiger partial charge in [-0.2, -0.15) is 0 Å². The normalized spacial score (nSPS) is 12.6. The van der Waals surface area contributed by atoms with Crippen LogP contribution in [0.3, 0.4) is 0 Å². The fraction of sp³-hybridized carbons (Fsp3) is 0.632. The number of hydrogen-bond acceptors (Lipinski definition) is 3. The first-order valence-corrected chi connectivity index (χ1v) is 9.17. The molecule has 1 atom stereocenters. The number of rotatable bonds is 10. The molecule has 6 nitrogen and oxygen atoms in total. The Morgan fingerprint density at radius 3 is 2.80 bits per heavy atom. The topological polar surface area (TPSA) is 69.6 Å². The van der Waals surface area contributed by atoms with Crippen LogP contribution in [0.1, 0.15) is 45.2 Å². The molecule has 0 aliphatic rings. The van der Waals surface area contributed by atoms with Crippen molar-refractivity contribution in [2.45, 2.75) is 52.0 Å². The Morgan fingerprint density at radius 1 is 1.36 bits per heavy atom. The molecule has 1 aromatic rings. The van der Waals surface area contributed by atoms with Crippen molar-refractivity contribution in [1.82, 2.24) is 20.5 Å². The molecule has 25 heavy (non-hydrogen) atoms. The van der Waals surface area contributed by atoms with Gasteiger partial charge < -0.3 is 15.5 Å². The minimum atomic E-state index is 0.0394.